The van der Waals surface area contributed by atoms with Crippen LogP contribution in [0.2, 0.25) is 0 Å². The molecule has 0 amide bonds. The van der Waals surface area contributed by atoms with E-state index in [-0.39, 0.29) is 6.54 Å². The first kappa shape index (κ1) is 15.5. The molecule has 1 unspecified atom stereocenters. The Bertz CT molecular complexity index is 300. The third kappa shape index (κ3) is 7.43. The SMILES string of the molecule is CCC(C)=NCCCN=C(C)C(CN=O)N=O. The van der Waals surface area contributed by atoms with Gasteiger partial charge in [-0.05, 0) is 26.7 Å². The summed E-state index contributed by atoms with van der Waals surface area (Å²) in [6.45, 7) is 6.95. The van der Waals surface area contributed by atoms with Gasteiger partial charge in [-0.2, -0.15) is 9.81 Å². The third-order valence-electron chi connectivity index (χ3n) is 2.43. The van der Waals surface area contributed by atoms with Crippen LogP contribution < -0.4 is 0 Å². The molecule has 0 aliphatic heterocycles. The molecule has 0 N–H and O–H groups in total. The summed E-state index contributed by atoms with van der Waals surface area (Å²) in [4.78, 5) is 29.0. The van der Waals surface area contributed by atoms with Gasteiger partial charge in [0.05, 0.1) is 0 Å². The molecule has 0 bridgehead atoms. The van der Waals surface area contributed by atoms with Crippen LogP contribution >= 0.6 is 0 Å². The van der Waals surface area contributed by atoms with E-state index in [0.717, 1.165) is 25.1 Å². The normalized spacial score (nSPS) is 14.5. The number of hydrogen-bond acceptors (Lipinski definition) is 6. The minimum absolute atomic E-state index is 0.133. The van der Waals surface area contributed by atoms with Crippen LogP contribution in [0.1, 0.15) is 33.6 Å². The Morgan fingerprint density at radius 2 is 1.76 bits per heavy atom. The summed E-state index contributed by atoms with van der Waals surface area (Å²) in [5, 5.41) is 5.48. The maximum atomic E-state index is 10.4. The van der Waals surface area contributed by atoms with E-state index < -0.39 is 6.04 Å². The second-order valence-electron chi connectivity index (χ2n) is 3.78. The van der Waals surface area contributed by atoms with E-state index >= 15 is 0 Å². The minimum Gasteiger partial charge on any atom is -0.294 e. The zero-order chi connectivity index (χ0) is 13.1. The first-order valence-corrected chi connectivity index (χ1v) is 5.78. The van der Waals surface area contributed by atoms with Gasteiger partial charge in [-0.25, -0.2) is 0 Å². The van der Waals surface area contributed by atoms with Gasteiger partial charge < -0.3 is 0 Å². The maximum absolute atomic E-state index is 10.4. The van der Waals surface area contributed by atoms with Crippen molar-refractivity contribution in [3.8, 4) is 0 Å². The van der Waals surface area contributed by atoms with Gasteiger partial charge in [0.25, 0.3) is 0 Å². The van der Waals surface area contributed by atoms with Crippen molar-refractivity contribution < 1.29 is 0 Å². The fourth-order valence-electron chi connectivity index (χ4n) is 1.13. The molecule has 6 nitrogen and oxygen atoms in total. The van der Waals surface area contributed by atoms with Crippen LogP contribution in [0, 0.1) is 9.81 Å². The summed E-state index contributed by atoms with van der Waals surface area (Å²) in [6.07, 6.45) is 1.79. The maximum Gasteiger partial charge on any atom is 0.152 e. The molecular weight excluding hydrogens is 220 g/mol. The average molecular weight is 240 g/mol. The fraction of sp³-hybridized carbons (Fsp3) is 0.818. The summed E-state index contributed by atoms with van der Waals surface area (Å²) >= 11 is 0. The lowest BCUT2D eigenvalue weighted by molar-refractivity contribution is 0.809. The molecule has 96 valence electrons. The van der Waals surface area contributed by atoms with E-state index in [1.54, 1.807) is 6.92 Å². The second-order valence-corrected chi connectivity index (χ2v) is 3.78. The van der Waals surface area contributed by atoms with Gasteiger partial charge in [-0.15, -0.1) is 0 Å². The molecule has 0 fully saturated rings. The molecule has 0 spiro atoms. The number of rotatable bonds is 9. The zero-order valence-electron chi connectivity index (χ0n) is 10.7. The van der Waals surface area contributed by atoms with Crippen LogP contribution in [0.15, 0.2) is 20.3 Å². The van der Waals surface area contributed by atoms with Crippen molar-refractivity contribution in [2.75, 3.05) is 19.6 Å². The first-order valence-electron chi connectivity index (χ1n) is 5.78. The molecule has 0 aromatic heterocycles. The predicted molar refractivity (Wildman–Crippen MR) is 71.1 cm³/mol. The molecule has 0 heterocycles. The zero-order valence-corrected chi connectivity index (χ0v) is 10.7. The lowest BCUT2D eigenvalue weighted by Crippen LogP contribution is -2.18. The van der Waals surface area contributed by atoms with Crippen LogP contribution in [0.25, 0.3) is 0 Å². The van der Waals surface area contributed by atoms with Crippen LogP contribution in [0.5, 0.6) is 0 Å². The average Bonchev–Trinajstić information content (AvgIpc) is 2.34. The summed E-state index contributed by atoms with van der Waals surface area (Å²) < 4.78 is 0. The van der Waals surface area contributed by atoms with Gasteiger partial charge >= 0.3 is 0 Å². The molecule has 0 radical (unpaired) electrons. The van der Waals surface area contributed by atoms with Crippen molar-refractivity contribution in [1.82, 2.24) is 0 Å². The highest BCUT2D eigenvalue weighted by Crippen LogP contribution is 1.97. The van der Waals surface area contributed by atoms with Gasteiger partial charge in [-0.3, -0.25) is 9.98 Å². The van der Waals surface area contributed by atoms with E-state index in [9.17, 15) is 9.81 Å². The number of nitrogens with zero attached hydrogens (tertiary/aromatic N) is 4. The van der Waals surface area contributed by atoms with E-state index in [1.165, 1.54) is 0 Å². The Morgan fingerprint density at radius 3 is 2.29 bits per heavy atom. The van der Waals surface area contributed by atoms with Gasteiger partial charge in [0.2, 0.25) is 0 Å². The summed E-state index contributed by atoms with van der Waals surface area (Å²) in [6, 6.07) is -0.714. The van der Waals surface area contributed by atoms with E-state index in [0.29, 0.717) is 12.3 Å². The smallest absolute Gasteiger partial charge is 0.152 e. The number of aliphatic imine (C=N–C) groups is 2. The van der Waals surface area contributed by atoms with E-state index in [1.807, 2.05) is 6.92 Å². The molecule has 0 aliphatic rings. The first-order chi connectivity index (χ1) is 8.15. The van der Waals surface area contributed by atoms with E-state index in [4.69, 9.17) is 0 Å². The Labute approximate surface area is 102 Å². The topological polar surface area (TPSA) is 83.6 Å². The van der Waals surface area contributed by atoms with Crippen LogP contribution in [0.4, 0.5) is 0 Å². The van der Waals surface area contributed by atoms with Crippen LogP contribution in [-0.2, 0) is 0 Å². The van der Waals surface area contributed by atoms with Crippen molar-refractivity contribution in [3.63, 3.8) is 0 Å². The summed E-state index contributed by atoms with van der Waals surface area (Å²) in [5.41, 5.74) is 1.69. The monoisotopic (exact) mass is 240 g/mol. The van der Waals surface area contributed by atoms with Gasteiger partial charge in [0, 0.05) is 24.5 Å². The largest absolute Gasteiger partial charge is 0.294 e. The quantitative estimate of drug-likeness (QED) is 0.352. The van der Waals surface area contributed by atoms with Gasteiger partial charge in [0.1, 0.15) is 6.54 Å². The Kier molecular flexibility index (Phi) is 8.91. The molecule has 0 aliphatic carbocycles. The molecular formula is C11H20N4O2. The van der Waals surface area contributed by atoms with Crippen molar-refractivity contribution in [2.24, 2.45) is 20.3 Å². The highest BCUT2D eigenvalue weighted by Gasteiger charge is 2.11. The summed E-state index contributed by atoms with van der Waals surface area (Å²) in [5.74, 6) is 0. The molecule has 6 heteroatoms. The Hall–Kier alpha value is -1.46. The summed E-state index contributed by atoms with van der Waals surface area (Å²) in [7, 11) is 0. The standard InChI is InChI=1S/C11H20N4O2/c1-4-9(2)12-6-5-7-13-10(3)11(15-17)8-14-16/h11H,4-8H2,1-3H3. The Morgan fingerprint density at radius 1 is 1.12 bits per heavy atom. The Balaban J connectivity index is 3.98. The number of hydrogen-bond donors (Lipinski definition) is 0. The van der Waals surface area contributed by atoms with Gasteiger partial charge in [-0.1, -0.05) is 17.3 Å². The van der Waals surface area contributed by atoms with E-state index in [2.05, 4.69) is 27.3 Å². The predicted octanol–water partition coefficient (Wildman–Crippen LogP) is 2.61. The highest BCUT2D eigenvalue weighted by atomic mass is 16.3. The fourth-order valence-corrected chi connectivity index (χ4v) is 1.13. The molecule has 17 heavy (non-hydrogen) atoms. The molecule has 0 rings (SSSR count). The molecule has 0 saturated heterocycles. The highest BCUT2D eigenvalue weighted by molar-refractivity contribution is 5.87. The lowest BCUT2D eigenvalue weighted by atomic mass is 10.2. The van der Waals surface area contributed by atoms with Crippen LogP contribution in [-0.4, -0.2) is 37.1 Å². The molecule has 0 aromatic rings. The lowest BCUT2D eigenvalue weighted by Gasteiger charge is -2.03. The van der Waals surface area contributed by atoms with Crippen molar-refractivity contribution in [2.45, 2.75) is 39.7 Å². The van der Waals surface area contributed by atoms with Crippen molar-refractivity contribution in [1.29, 1.82) is 0 Å². The molecule has 1 atom stereocenters. The third-order valence-corrected chi connectivity index (χ3v) is 2.43. The van der Waals surface area contributed by atoms with Gasteiger partial charge in [0.15, 0.2) is 6.04 Å². The van der Waals surface area contributed by atoms with Crippen LogP contribution in [0.3, 0.4) is 0 Å². The molecule has 0 saturated carbocycles. The number of nitroso groups, excluding NO2 is 2. The second kappa shape index (κ2) is 9.74. The van der Waals surface area contributed by atoms with Crippen molar-refractivity contribution >= 4 is 11.4 Å². The molecule has 0 aromatic carbocycles. The van der Waals surface area contributed by atoms with Crippen molar-refractivity contribution in [3.05, 3.63) is 9.81 Å². The minimum atomic E-state index is -0.714.